The third-order valence-electron chi connectivity index (χ3n) is 4.15. The Morgan fingerprint density at radius 2 is 1.95 bits per heavy atom. The fourth-order valence-corrected chi connectivity index (χ4v) is 48.1. The van der Waals surface area contributed by atoms with Crippen molar-refractivity contribution in [1.29, 1.82) is 0 Å². The Bertz CT molecular complexity index is 627. The lowest BCUT2D eigenvalue weighted by atomic mass is 10.0. The summed E-state index contributed by atoms with van der Waals surface area (Å²) in [6.45, 7) is 0. The highest BCUT2D eigenvalue weighted by Crippen LogP contribution is 3.09. The Labute approximate surface area is 150 Å². The van der Waals surface area contributed by atoms with Gasteiger partial charge in [0.25, 0.3) is 0 Å². The van der Waals surface area contributed by atoms with E-state index in [9.17, 15) is 0 Å². The van der Waals surface area contributed by atoms with Gasteiger partial charge in [-0.15, -0.1) is 0 Å². The molecule has 22 heavy (non-hydrogen) atoms. The highest BCUT2D eigenvalue weighted by molar-refractivity contribution is 9.46. The number of ether oxygens (including phenoxy) is 2. The summed E-state index contributed by atoms with van der Waals surface area (Å²) in [6.07, 6.45) is 13.4. The summed E-state index contributed by atoms with van der Waals surface area (Å²) in [4.78, 5) is 0. The Balaban J connectivity index is 1.65. The molecule has 0 aromatic rings. The summed E-state index contributed by atoms with van der Waals surface area (Å²) >= 11 is 16.0. The van der Waals surface area contributed by atoms with Gasteiger partial charge in [0, 0.05) is 12.8 Å². The van der Waals surface area contributed by atoms with Crippen molar-refractivity contribution in [3.8, 4) is 0 Å². The van der Waals surface area contributed by atoms with Gasteiger partial charge in [0.1, 0.15) is 5.76 Å². The zero-order chi connectivity index (χ0) is 15.8. The topological polar surface area (TPSA) is 18.5 Å². The molecular weight excluding hydrogens is 390 g/mol. The first-order chi connectivity index (χ1) is 10.5. The van der Waals surface area contributed by atoms with E-state index in [2.05, 4.69) is 24.3 Å². The van der Waals surface area contributed by atoms with Gasteiger partial charge in [-0.2, -0.15) is 0 Å². The zero-order valence-electron chi connectivity index (χ0n) is 12.6. The van der Waals surface area contributed by atoms with Crippen LogP contribution < -0.4 is 0 Å². The van der Waals surface area contributed by atoms with Gasteiger partial charge in [-0.3, -0.25) is 0 Å². The van der Waals surface area contributed by atoms with E-state index in [1.165, 1.54) is 5.31 Å². The predicted molar refractivity (Wildman–Crippen MR) is 109 cm³/mol. The molecule has 3 rings (SSSR count). The fraction of sp³-hybridized carbons (Fsp3) is 0.571. The Morgan fingerprint density at radius 3 is 2.45 bits per heavy atom. The van der Waals surface area contributed by atoms with Gasteiger partial charge >= 0.3 is 0 Å². The van der Waals surface area contributed by atoms with Gasteiger partial charge < -0.3 is 9.47 Å². The van der Waals surface area contributed by atoms with Crippen LogP contribution in [0.25, 0.3) is 0 Å². The van der Waals surface area contributed by atoms with Gasteiger partial charge in [-0.25, -0.2) is 0 Å². The van der Waals surface area contributed by atoms with Crippen LogP contribution in [0.4, 0.5) is 0 Å². The van der Waals surface area contributed by atoms with E-state index in [1.54, 1.807) is 14.2 Å². The van der Waals surface area contributed by atoms with Crippen molar-refractivity contribution in [1.82, 2.24) is 0 Å². The molecule has 1 aliphatic heterocycles. The largest absolute Gasteiger partial charge is 0.497 e. The summed E-state index contributed by atoms with van der Waals surface area (Å²) in [5.41, 5.74) is 0.475. The van der Waals surface area contributed by atoms with Crippen molar-refractivity contribution in [2.45, 2.75) is 37.4 Å². The van der Waals surface area contributed by atoms with Crippen LogP contribution in [-0.2, 0) is 33.1 Å². The van der Waals surface area contributed by atoms with Crippen LogP contribution in [0.15, 0.2) is 35.4 Å². The van der Waals surface area contributed by atoms with Gasteiger partial charge in [0.05, 0.1) is 22.1 Å². The van der Waals surface area contributed by atoms with Crippen molar-refractivity contribution in [3.63, 3.8) is 0 Å². The molecule has 2 aliphatic carbocycles. The lowest BCUT2D eigenvalue weighted by Gasteiger charge is -2.46. The van der Waals surface area contributed by atoms with Crippen molar-refractivity contribution in [2.24, 2.45) is 0 Å². The first-order valence-corrected chi connectivity index (χ1v) is 17.0. The summed E-state index contributed by atoms with van der Waals surface area (Å²) < 4.78 is 7.76. The molecule has 0 radical (unpaired) electrons. The summed E-state index contributed by atoms with van der Waals surface area (Å²) in [7, 11) is 3.51. The second-order valence-corrected chi connectivity index (χ2v) is 27.3. The average molecular weight is 411 g/mol. The van der Waals surface area contributed by atoms with E-state index < -0.39 is 8.88 Å². The van der Waals surface area contributed by atoms with Gasteiger partial charge in [-0.1, -0.05) is 57.8 Å². The van der Waals surface area contributed by atoms with Crippen LogP contribution in [0, 0.1) is 0 Å². The Hall–Kier alpha value is 0.980. The minimum atomic E-state index is -1.48. The molecule has 1 fully saturated rings. The van der Waals surface area contributed by atoms with Crippen molar-refractivity contribution >= 4 is 54.5 Å². The predicted octanol–water partition coefficient (Wildman–Crippen LogP) is 6.03. The molecule has 122 valence electrons. The molecule has 8 heteroatoms. The van der Waals surface area contributed by atoms with E-state index in [-0.39, 0.29) is 0 Å². The molecule has 0 saturated carbocycles. The molecule has 0 spiro atoms. The molecule has 0 N–H and O–H groups in total. The highest BCUT2D eigenvalue weighted by atomic mass is 33.7. The molecule has 3 aliphatic rings. The standard InChI is InChI=1S/C14H20O2P2S4/c1-15-11-3-7-13(8-4-11)17(19)21-18(20,22-17)14-9-5-12(16-2)6-10-14/h3-4,7,9,12-13H,5-6,8,10H2,1-2H3. The highest BCUT2D eigenvalue weighted by Gasteiger charge is 2.49. The zero-order valence-corrected chi connectivity index (χ0v) is 17.7. The van der Waals surface area contributed by atoms with Crippen LogP contribution >= 0.6 is 30.9 Å². The number of hydrogen-bond donors (Lipinski definition) is 0. The molecular formula is C14H20O2P2S4. The van der Waals surface area contributed by atoms with E-state index >= 15 is 0 Å². The summed E-state index contributed by atoms with van der Waals surface area (Å²) in [6, 6.07) is 0. The second kappa shape index (κ2) is 7.07. The maximum absolute atomic E-state index is 6.02. The number of methoxy groups -OCH3 is 2. The normalized spacial score (nSPS) is 41.4. The molecule has 2 atom stereocenters. The van der Waals surface area contributed by atoms with Crippen LogP contribution in [0.2, 0.25) is 0 Å². The molecule has 2 nitrogen and oxygen atoms in total. The number of rotatable bonds is 4. The van der Waals surface area contributed by atoms with Crippen molar-refractivity contribution in [2.75, 3.05) is 14.2 Å². The SMILES string of the molecule is COC1=CCC(P2(=S)SP(=S)(C3=CCC(OC)CC3)S2)C=C1. The minimum absolute atomic E-state index is 0.378. The fourth-order valence-electron chi connectivity index (χ4n) is 2.77. The number of allylic oxidation sites excluding steroid dienone is 4. The Kier molecular flexibility index (Phi) is 5.72. The summed E-state index contributed by atoms with van der Waals surface area (Å²) in [5, 5.41) is 1.50. The van der Waals surface area contributed by atoms with Gasteiger partial charge in [-0.05, 0) is 43.1 Å². The van der Waals surface area contributed by atoms with Gasteiger partial charge in [0.15, 0.2) is 0 Å². The van der Waals surface area contributed by atoms with Gasteiger partial charge in [0.2, 0.25) is 0 Å². The first-order valence-electron chi connectivity index (χ1n) is 7.26. The van der Waals surface area contributed by atoms with Crippen LogP contribution in [-0.4, -0.2) is 26.0 Å². The van der Waals surface area contributed by atoms with E-state index in [4.69, 9.17) is 33.1 Å². The van der Waals surface area contributed by atoms with Crippen LogP contribution in [0.3, 0.4) is 0 Å². The van der Waals surface area contributed by atoms with E-state index in [0.29, 0.717) is 11.8 Å². The maximum atomic E-state index is 6.02. The molecule has 0 amide bonds. The summed E-state index contributed by atoms with van der Waals surface area (Å²) in [5.74, 6) is 0.952. The average Bonchev–Trinajstić information content (AvgIpc) is 2.53. The Morgan fingerprint density at radius 1 is 1.18 bits per heavy atom. The molecule has 0 aromatic heterocycles. The quantitative estimate of drug-likeness (QED) is 0.523. The smallest absolute Gasteiger partial charge is 0.114 e. The second-order valence-electron chi connectivity index (χ2n) is 5.50. The van der Waals surface area contributed by atoms with E-state index in [1.807, 2.05) is 22.0 Å². The maximum Gasteiger partial charge on any atom is 0.114 e. The number of hydrogen-bond acceptors (Lipinski definition) is 6. The molecule has 1 saturated heterocycles. The molecule has 1 heterocycles. The molecule has 0 bridgehead atoms. The van der Waals surface area contributed by atoms with Crippen molar-refractivity contribution in [3.05, 3.63) is 35.4 Å². The monoisotopic (exact) mass is 410 g/mol. The van der Waals surface area contributed by atoms with E-state index in [0.717, 1.165) is 31.4 Å². The van der Waals surface area contributed by atoms with Crippen LogP contribution in [0.5, 0.6) is 0 Å². The third-order valence-corrected chi connectivity index (χ3v) is 36.9. The first kappa shape index (κ1) is 17.8. The molecule has 0 aromatic carbocycles. The minimum Gasteiger partial charge on any atom is -0.497 e. The third kappa shape index (κ3) is 3.49. The molecule has 2 unspecified atom stereocenters. The van der Waals surface area contributed by atoms with Crippen LogP contribution in [0.1, 0.15) is 25.7 Å². The van der Waals surface area contributed by atoms with Crippen molar-refractivity contribution < 1.29 is 9.47 Å². The lowest BCUT2D eigenvalue weighted by molar-refractivity contribution is 0.0949. The lowest BCUT2D eigenvalue weighted by Crippen LogP contribution is -2.14.